The first-order chi connectivity index (χ1) is 14.7. The quantitative estimate of drug-likeness (QED) is 0.572. The number of amides is 1. The molecule has 31 heavy (non-hydrogen) atoms. The van der Waals surface area contributed by atoms with Crippen molar-refractivity contribution in [3.8, 4) is 11.6 Å². The maximum absolute atomic E-state index is 13.7. The Kier molecular flexibility index (Phi) is 6.65. The average molecular weight is 422 g/mol. The summed E-state index contributed by atoms with van der Waals surface area (Å²) in [5.41, 5.74) is 0.574. The van der Waals surface area contributed by atoms with Gasteiger partial charge in [0, 0.05) is 6.54 Å². The zero-order valence-corrected chi connectivity index (χ0v) is 17.5. The number of carbonyl (C=O) groups excluding carboxylic acids is 2. The number of ether oxygens (including phenoxy) is 2. The normalized spacial score (nSPS) is 11.0. The van der Waals surface area contributed by atoms with E-state index in [0.29, 0.717) is 11.3 Å². The Morgan fingerprint density at radius 3 is 2.35 bits per heavy atom. The van der Waals surface area contributed by atoms with Crippen molar-refractivity contribution in [2.75, 3.05) is 0 Å². The van der Waals surface area contributed by atoms with Gasteiger partial charge in [0.25, 0.3) is 5.91 Å². The van der Waals surface area contributed by atoms with Gasteiger partial charge in [0.05, 0.1) is 11.8 Å². The number of carbonyl (C=O) groups is 2. The maximum atomic E-state index is 13.7. The summed E-state index contributed by atoms with van der Waals surface area (Å²) in [5.74, 6) is -1.11. The van der Waals surface area contributed by atoms with Crippen LogP contribution in [0.1, 0.15) is 47.1 Å². The highest BCUT2D eigenvalue weighted by atomic mass is 19.1. The monoisotopic (exact) mass is 422 g/mol. The van der Waals surface area contributed by atoms with Gasteiger partial charge in [-0.15, -0.1) is 0 Å². The molecular weight excluding hydrogens is 399 g/mol. The molecular formula is C24H23FN2O4. The number of pyridine rings is 1. The summed E-state index contributed by atoms with van der Waals surface area (Å²) in [4.78, 5) is 28.6. The van der Waals surface area contributed by atoms with Crippen LogP contribution in [-0.4, -0.2) is 22.5 Å². The molecule has 0 atom stereocenters. The molecule has 1 heterocycles. The molecule has 1 N–H and O–H groups in total. The van der Waals surface area contributed by atoms with Crippen molar-refractivity contribution in [2.24, 2.45) is 0 Å². The van der Waals surface area contributed by atoms with Crippen LogP contribution in [0.25, 0.3) is 0 Å². The van der Waals surface area contributed by atoms with E-state index in [4.69, 9.17) is 9.47 Å². The summed E-state index contributed by atoms with van der Waals surface area (Å²) >= 11 is 0. The number of benzene rings is 2. The molecule has 0 spiro atoms. The zero-order valence-electron chi connectivity index (χ0n) is 17.5. The lowest BCUT2D eigenvalue weighted by Gasteiger charge is -2.19. The van der Waals surface area contributed by atoms with E-state index < -0.39 is 23.3 Å². The molecule has 0 saturated heterocycles. The highest BCUT2D eigenvalue weighted by Gasteiger charge is 2.18. The predicted octanol–water partition coefficient (Wildman–Crippen LogP) is 4.90. The zero-order chi connectivity index (χ0) is 22.4. The number of nitrogens with one attached hydrogen (secondary N) is 1. The van der Waals surface area contributed by atoms with E-state index in [-0.39, 0.29) is 18.0 Å². The predicted molar refractivity (Wildman–Crippen MR) is 113 cm³/mol. The smallest absolute Gasteiger partial charge is 0.338 e. The molecule has 0 aliphatic carbocycles. The van der Waals surface area contributed by atoms with Crippen molar-refractivity contribution >= 4 is 11.9 Å². The summed E-state index contributed by atoms with van der Waals surface area (Å²) in [7, 11) is 0. The van der Waals surface area contributed by atoms with Crippen LogP contribution in [0, 0.1) is 5.82 Å². The third kappa shape index (κ3) is 6.37. The molecule has 2 aromatic carbocycles. The van der Waals surface area contributed by atoms with Crippen molar-refractivity contribution in [3.05, 3.63) is 89.4 Å². The molecule has 0 unspecified atom stereocenters. The fourth-order valence-corrected chi connectivity index (χ4v) is 2.64. The van der Waals surface area contributed by atoms with Gasteiger partial charge in [-0.25, -0.2) is 14.2 Å². The van der Waals surface area contributed by atoms with Crippen LogP contribution in [0.4, 0.5) is 4.39 Å². The van der Waals surface area contributed by atoms with Crippen molar-refractivity contribution in [1.29, 1.82) is 0 Å². The van der Waals surface area contributed by atoms with Crippen LogP contribution < -0.4 is 10.1 Å². The lowest BCUT2D eigenvalue weighted by atomic mass is 10.1. The van der Waals surface area contributed by atoms with Gasteiger partial charge in [0.2, 0.25) is 5.88 Å². The third-order valence-corrected chi connectivity index (χ3v) is 4.06. The minimum absolute atomic E-state index is 0.00498. The van der Waals surface area contributed by atoms with Gasteiger partial charge in [0.15, 0.2) is 0 Å². The molecule has 3 aromatic rings. The van der Waals surface area contributed by atoms with Gasteiger partial charge in [-0.3, -0.25) is 4.79 Å². The fraction of sp³-hybridized carbons (Fsp3) is 0.208. The molecule has 0 aliphatic heterocycles. The molecule has 3 rings (SSSR count). The molecule has 7 heteroatoms. The minimum atomic E-state index is -0.646. The summed E-state index contributed by atoms with van der Waals surface area (Å²) in [5, 5.41) is 2.71. The Balaban J connectivity index is 1.67. The Labute approximate surface area is 180 Å². The number of esters is 1. The lowest BCUT2D eigenvalue weighted by molar-refractivity contribution is 0.00693. The number of nitrogens with zero attached hydrogens (tertiary/aromatic N) is 1. The van der Waals surface area contributed by atoms with Gasteiger partial charge in [-0.05, 0) is 56.7 Å². The van der Waals surface area contributed by atoms with E-state index in [1.165, 1.54) is 0 Å². The molecule has 1 amide bonds. The van der Waals surface area contributed by atoms with E-state index in [0.717, 1.165) is 17.8 Å². The van der Waals surface area contributed by atoms with Crippen LogP contribution in [0.2, 0.25) is 0 Å². The Morgan fingerprint density at radius 1 is 1.03 bits per heavy atom. The third-order valence-electron chi connectivity index (χ3n) is 4.06. The van der Waals surface area contributed by atoms with E-state index in [9.17, 15) is 14.0 Å². The minimum Gasteiger partial charge on any atom is -0.456 e. The van der Waals surface area contributed by atoms with E-state index in [1.54, 1.807) is 69.3 Å². The molecule has 0 bridgehead atoms. The maximum Gasteiger partial charge on any atom is 0.338 e. The Hall–Kier alpha value is -3.74. The number of halogens is 1. The first kappa shape index (κ1) is 22.0. The van der Waals surface area contributed by atoms with Crippen molar-refractivity contribution in [1.82, 2.24) is 10.3 Å². The van der Waals surface area contributed by atoms with Gasteiger partial charge in [-0.1, -0.05) is 30.3 Å². The first-order valence-electron chi connectivity index (χ1n) is 9.70. The van der Waals surface area contributed by atoms with E-state index >= 15 is 0 Å². The molecule has 160 valence electrons. The summed E-state index contributed by atoms with van der Waals surface area (Å²) < 4.78 is 24.7. The molecule has 0 aliphatic rings. The standard InChI is InChI=1S/C24H23FN2O4/c1-24(2,3)31-23(29)17-11-9-16(10-12-17)14-26-21(28)20-13-18(25)15-27-22(20)30-19-7-5-4-6-8-19/h4-13,15H,14H2,1-3H3,(H,26,28). The Bertz CT molecular complexity index is 1060. The fourth-order valence-electron chi connectivity index (χ4n) is 2.64. The summed E-state index contributed by atoms with van der Waals surface area (Å²) in [6.45, 7) is 5.57. The average Bonchev–Trinajstić information content (AvgIpc) is 2.73. The van der Waals surface area contributed by atoms with Gasteiger partial charge >= 0.3 is 5.97 Å². The van der Waals surface area contributed by atoms with Crippen LogP contribution in [0.3, 0.4) is 0 Å². The molecule has 0 saturated carbocycles. The molecule has 1 aromatic heterocycles. The van der Waals surface area contributed by atoms with Crippen LogP contribution in [0.5, 0.6) is 11.6 Å². The number of aromatic nitrogens is 1. The summed E-state index contributed by atoms with van der Waals surface area (Å²) in [6.07, 6.45) is 0.991. The largest absolute Gasteiger partial charge is 0.456 e. The van der Waals surface area contributed by atoms with Crippen LogP contribution in [0.15, 0.2) is 66.9 Å². The highest BCUT2D eigenvalue weighted by molar-refractivity contribution is 5.96. The van der Waals surface area contributed by atoms with E-state index in [1.807, 2.05) is 6.07 Å². The molecule has 0 radical (unpaired) electrons. The second-order valence-electron chi connectivity index (χ2n) is 7.80. The molecule has 6 nitrogen and oxygen atoms in total. The summed E-state index contributed by atoms with van der Waals surface area (Å²) in [6, 6.07) is 16.6. The Morgan fingerprint density at radius 2 is 1.71 bits per heavy atom. The second-order valence-corrected chi connectivity index (χ2v) is 7.80. The van der Waals surface area contributed by atoms with Crippen molar-refractivity contribution in [2.45, 2.75) is 32.9 Å². The van der Waals surface area contributed by atoms with Gasteiger partial charge in [-0.2, -0.15) is 0 Å². The first-order valence-corrected chi connectivity index (χ1v) is 9.70. The number of hydrogen-bond donors (Lipinski definition) is 1. The number of hydrogen-bond acceptors (Lipinski definition) is 5. The molecule has 0 fully saturated rings. The number of rotatable bonds is 6. The SMILES string of the molecule is CC(C)(C)OC(=O)c1ccc(CNC(=O)c2cc(F)cnc2Oc2ccccc2)cc1. The highest BCUT2D eigenvalue weighted by Crippen LogP contribution is 2.23. The van der Waals surface area contributed by atoms with Gasteiger partial charge < -0.3 is 14.8 Å². The van der Waals surface area contributed by atoms with E-state index in [2.05, 4.69) is 10.3 Å². The van der Waals surface area contributed by atoms with Crippen molar-refractivity contribution in [3.63, 3.8) is 0 Å². The second kappa shape index (κ2) is 9.38. The van der Waals surface area contributed by atoms with Crippen molar-refractivity contribution < 1.29 is 23.5 Å². The van der Waals surface area contributed by atoms with Crippen LogP contribution in [-0.2, 0) is 11.3 Å². The topological polar surface area (TPSA) is 77.5 Å². The number of para-hydroxylation sites is 1. The van der Waals surface area contributed by atoms with Crippen LogP contribution >= 0.6 is 0 Å². The van der Waals surface area contributed by atoms with Gasteiger partial charge in [0.1, 0.15) is 22.7 Å². The lowest BCUT2D eigenvalue weighted by Crippen LogP contribution is -2.24.